The number of nitrogens with one attached hydrogen (secondary N) is 1. The number of unbranched alkanes of at least 4 members (excludes halogenated alkanes) is 1. The van der Waals surface area contributed by atoms with Crippen LogP contribution in [0.1, 0.15) is 25.6 Å². The zero-order chi connectivity index (χ0) is 24.9. The second kappa shape index (κ2) is 8.38. The molecule has 0 unspecified atom stereocenters. The summed E-state index contributed by atoms with van der Waals surface area (Å²) < 4.78 is 35.4. The van der Waals surface area contributed by atoms with Crippen molar-refractivity contribution in [2.24, 2.45) is 7.05 Å². The number of imidazole rings is 1. The van der Waals surface area contributed by atoms with Gasteiger partial charge in [0.05, 0.1) is 10.6 Å². The number of ether oxygens (including phenoxy) is 1. The molecular formula is C23H23N5O6S. The van der Waals surface area contributed by atoms with Crippen LogP contribution in [0.15, 0.2) is 50.9 Å². The van der Waals surface area contributed by atoms with Gasteiger partial charge >= 0.3 is 11.7 Å². The lowest BCUT2D eigenvalue weighted by atomic mass is 10.1. The Balaban J connectivity index is 1.40. The van der Waals surface area contributed by atoms with E-state index < -0.39 is 33.8 Å². The molecule has 182 valence electrons. The lowest BCUT2D eigenvalue weighted by Gasteiger charge is -2.17. The number of benzene rings is 2. The largest absolute Gasteiger partial charge is 0.456 e. The predicted molar refractivity (Wildman–Crippen MR) is 129 cm³/mol. The SMILES string of the molecule is CCCCn1c(=O)[nH]c(=O)c2c1nc(COC(=O)CN1c3cccc4cccc(c34)S1(=O)=O)n2C. The van der Waals surface area contributed by atoms with E-state index in [0.29, 0.717) is 17.6 Å². The minimum atomic E-state index is -3.90. The van der Waals surface area contributed by atoms with Gasteiger partial charge in [0.2, 0.25) is 0 Å². The van der Waals surface area contributed by atoms with Gasteiger partial charge in [0, 0.05) is 19.0 Å². The third kappa shape index (κ3) is 3.60. The lowest BCUT2D eigenvalue weighted by molar-refractivity contribution is -0.143. The molecule has 3 heterocycles. The number of nitrogens with zero attached hydrogens (tertiary/aromatic N) is 4. The van der Waals surface area contributed by atoms with Gasteiger partial charge in [-0.3, -0.25) is 23.4 Å². The molecule has 0 atom stereocenters. The number of carbonyl (C=O) groups excluding carboxylic acids is 1. The Morgan fingerprint density at radius 2 is 1.89 bits per heavy atom. The molecule has 1 aliphatic heterocycles. The van der Waals surface area contributed by atoms with Crippen LogP contribution >= 0.6 is 0 Å². The van der Waals surface area contributed by atoms with E-state index in [9.17, 15) is 22.8 Å². The molecular weight excluding hydrogens is 474 g/mol. The Labute approximate surface area is 199 Å². The van der Waals surface area contributed by atoms with Gasteiger partial charge < -0.3 is 9.30 Å². The number of hydrogen-bond donors (Lipinski definition) is 1. The maximum atomic E-state index is 13.1. The van der Waals surface area contributed by atoms with Crippen molar-refractivity contribution in [2.45, 2.75) is 37.8 Å². The smallest absolute Gasteiger partial charge is 0.330 e. The van der Waals surface area contributed by atoms with E-state index in [1.165, 1.54) is 15.2 Å². The summed E-state index contributed by atoms with van der Waals surface area (Å²) in [5.74, 6) is -0.521. The number of carbonyl (C=O) groups is 1. The van der Waals surface area contributed by atoms with Crippen LogP contribution in [0.2, 0.25) is 0 Å². The molecule has 1 N–H and O–H groups in total. The summed E-state index contributed by atoms with van der Waals surface area (Å²) in [7, 11) is -2.31. The highest BCUT2D eigenvalue weighted by Gasteiger charge is 2.37. The maximum absolute atomic E-state index is 13.1. The predicted octanol–water partition coefficient (Wildman–Crippen LogP) is 1.63. The first-order valence-corrected chi connectivity index (χ1v) is 12.6. The zero-order valence-electron chi connectivity index (χ0n) is 19.1. The van der Waals surface area contributed by atoms with Gasteiger partial charge in [0.25, 0.3) is 15.6 Å². The lowest BCUT2D eigenvalue weighted by Crippen LogP contribution is -2.33. The van der Waals surface area contributed by atoms with Crippen LogP contribution < -0.4 is 15.6 Å². The zero-order valence-corrected chi connectivity index (χ0v) is 20.0. The molecule has 0 bridgehead atoms. The van der Waals surface area contributed by atoms with Gasteiger partial charge in [-0.1, -0.05) is 37.6 Å². The van der Waals surface area contributed by atoms with Crippen molar-refractivity contribution in [3.63, 3.8) is 0 Å². The molecule has 0 fully saturated rings. The Hall–Kier alpha value is -3.93. The first-order chi connectivity index (χ1) is 16.7. The van der Waals surface area contributed by atoms with Crippen LogP contribution in [0, 0.1) is 0 Å². The minimum Gasteiger partial charge on any atom is -0.456 e. The molecule has 11 nitrogen and oxygen atoms in total. The van der Waals surface area contributed by atoms with Crippen LogP contribution in [0.4, 0.5) is 5.69 Å². The van der Waals surface area contributed by atoms with Gasteiger partial charge in [0.1, 0.15) is 19.0 Å². The quantitative estimate of drug-likeness (QED) is 0.383. The number of sulfonamides is 1. The molecule has 2 aromatic carbocycles. The van der Waals surface area contributed by atoms with E-state index in [2.05, 4.69) is 9.97 Å². The molecule has 35 heavy (non-hydrogen) atoms. The second-order valence-electron chi connectivity index (χ2n) is 8.33. The fourth-order valence-electron chi connectivity index (χ4n) is 4.38. The summed E-state index contributed by atoms with van der Waals surface area (Å²) in [6.45, 7) is 1.56. The Morgan fingerprint density at radius 1 is 1.14 bits per heavy atom. The molecule has 5 rings (SSSR count). The van der Waals surface area contributed by atoms with E-state index >= 15 is 0 Å². The van der Waals surface area contributed by atoms with E-state index in [-0.39, 0.29) is 28.5 Å². The third-order valence-corrected chi connectivity index (χ3v) is 7.96. The Morgan fingerprint density at radius 3 is 2.63 bits per heavy atom. The first-order valence-electron chi connectivity index (χ1n) is 11.1. The van der Waals surface area contributed by atoms with Gasteiger partial charge in [-0.15, -0.1) is 0 Å². The molecule has 0 radical (unpaired) electrons. The number of esters is 1. The number of fused-ring (bicyclic) bond motifs is 1. The van der Waals surface area contributed by atoms with Gasteiger partial charge in [-0.25, -0.2) is 18.2 Å². The van der Waals surface area contributed by atoms with E-state index in [4.69, 9.17) is 4.74 Å². The molecule has 0 saturated heterocycles. The number of aryl methyl sites for hydroxylation is 2. The fourth-order valence-corrected chi connectivity index (χ4v) is 6.04. The van der Waals surface area contributed by atoms with Crippen LogP contribution in [0.3, 0.4) is 0 Å². The van der Waals surface area contributed by atoms with Crippen molar-refractivity contribution in [2.75, 3.05) is 10.8 Å². The van der Waals surface area contributed by atoms with Gasteiger partial charge in [0.15, 0.2) is 11.2 Å². The van der Waals surface area contributed by atoms with Crippen molar-refractivity contribution in [1.82, 2.24) is 19.1 Å². The van der Waals surface area contributed by atoms with Crippen LogP contribution in [0.25, 0.3) is 21.9 Å². The van der Waals surface area contributed by atoms with Gasteiger partial charge in [-0.05, 0) is 23.9 Å². The van der Waals surface area contributed by atoms with E-state index in [1.807, 2.05) is 19.1 Å². The highest BCUT2D eigenvalue weighted by Crippen LogP contribution is 2.41. The van der Waals surface area contributed by atoms with Gasteiger partial charge in [-0.2, -0.15) is 0 Å². The highest BCUT2D eigenvalue weighted by molar-refractivity contribution is 7.93. The monoisotopic (exact) mass is 497 g/mol. The molecule has 0 amide bonds. The molecule has 4 aromatic rings. The summed E-state index contributed by atoms with van der Waals surface area (Å²) in [5.41, 5.74) is -0.310. The normalized spacial score (nSPS) is 14.2. The number of aromatic amines is 1. The van der Waals surface area contributed by atoms with E-state index in [0.717, 1.165) is 22.5 Å². The van der Waals surface area contributed by atoms with Crippen LogP contribution in [-0.4, -0.2) is 40.0 Å². The number of H-pyrrole nitrogens is 1. The highest BCUT2D eigenvalue weighted by atomic mass is 32.2. The first kappa shape index (κ1) is 22.8. The molecule has 0 spiro atoms. The summed E-state index contributed by atoms with van der Waals surface area (Å²) in [5, 5.41) is 1.33. The topological polar surface area (TPSA) is 136 Å². The molecule has 2 aromatic heterocycles. The molecule has 1 aliphatic rings. The maximum Gasteiger partial charge on any atom is 0.330 e. The fraction of sp³-hybridized carbons (Fsp3) is 0.304. The Bertz CT molecular complexity index is 1710. The van der Waals surface area contributed by atoms with Crippen molar-refractivity contribution in [1.29, 1.82) is 0 Å². The van der Waals surface area contributed by atoms with Crippen molar-refractivity contribution < 1.29 is 17.9 Å². The third-order valence-electron chi connectivity index (χ3n) is 6.16. The Kier molecular flexibility index (Phi) is 5.47. The summed E-state index contributed by atoms with van der Waals surface area (Å²) in [6, 6.07) is 10.2. The average molecular weight is 498 g/mol. The van der Waals surface area contributed by atoms with Crippen LogP contribution in [-0.2, 0) is 39.8 Å². The van der Waals surface area contributed by atoms with Crippen molar-refractivity contribution in [3.8, 4) is 0 Å². The minimum absolute atomic E-state index is 0.151. The molecule has 12 heteroatoms. The average Bonchev–Trinajstić information content (AvgIpc) is 3.26. The molecule has 0 aliphatic carbocycles. The second-order valence-corrected chi connectivity index (χ2v) is 10.2. The van der Waals surface area contributed by atoms with Crippen LogP contribution in [0.5, 0.6) is 0 Å². The summed E-state index contributed by atoms with van der Waals surface area (Å²) in [4.78, 5) is 44.2. The number of aromatic nitrogens is 4. The summed E-state index contributed by atoms with van der Waals surface area (Å²) >= 11 is 0. The number of hydrogen-bond acceptors (Lipinski definition) is 7. The van der Waals surface area contributed by atoms with Crippen molar-refractivity contribution in [3.05, 3.63) is 63.1 Å². The summed E-state index contributed by atoms with van der Waals surface area (Å²) in [6.07, 6.45) is 1.57. The van der Waals surface area contributed by atoms with E-state index in [1.54, 1.807) is 25.2 Å². The number of anilines is 1. The molecule has 0 saturated carbocycles. The number of rotatable bonds is 7. The van der Waals surface area contributed by atoms with Crippen molar-refractivity contribution >= 4 is 43.6 Å². The standard InChI is InChI=1S/C23H23N5O6S/c1-3-4-11-27-21-20(22(30)25-23(27)31)26(2)17(24-21)13-34-18(29)12-28-15-9-5-7-14-8-6-10-16(19(14)15)35(28,32)33/h5-10H,3-4,11-13H2,1-2H3,(H,25,30,31).